The second kappa shape index (κ2) is 7.70. The van der Waals surface area contributed by atoms with E-state index in [0.29, 0.717) is 23.6 Å². The minimum absolute atomic E-state index is 0.182. The van der Waals surface area contributed by atoms with Crippen molar-refractivity contribution in [3.05, 3.63) is 58.7 Å². The molecule has 1 N–H and O–H groups in total. The Morgan fingerprint density at radius 2 is 1.52 bits per heavy atom. The molecule has 6 nitrogen and oxygen atoms in total. The molecule has 0 aromatic heterocycles. The highest BCUT2D eigenvalue weighted by atomic mass is 16.5. The molecular weight excluding hydrogens is 322 g/mol. The second-order valence-corrected chi connectivity index (χ2v) is 5.67. The summed E-state index contributed by atoms with van der Waals surface area (Å²) in [5.74, 6) is 0.0116. The molecule has 0 saturated carbocycles. The molecule has 25 heavy (non-hydrogen) atoms. The van der Waals surface area contributed by atoms with Crippen LogP contribution in [0, 0.1) is 6.92 Å². The maximum absolute atomic E-state index is 12.7. The number of methoxy groups -OCH3 is 2. The number of carbonyl (C=O) groups excluding carboxylic acids is 1. The van der Waals surface area contributed by atoms with Crippen molar-refractivity contribution in [2.75, 3.05) is 21.3 Å². The third-order valence-corrected chi connectivity index (χ3v) is 3.97. The van der Waals surface area contributed by atoms with Crippen LogP contribution in [0.15, 0.2) is 36.4 Å². The Hall–Kier alpha value is -3.02. The summed E-state index contributed by atoms with van der Waals surface area (Å²) in [5.41, 5.74) is 2.34. The van der Waals surface area contributed by atoms with Crippen LogP contribution >= 0.6 is 0 Å². The summed E-state index contributed by atoms with van der Waals surface area (Å²) >= 11 is 0. The van der Waals surface area contributed by atoms with Crippen molar-refractivity contribution in [3.63, 3.8) is 0 Å². The lowest BCUT2D eigenvalue weighted by Gasteiger charge is -2.19. The molecule has 0 aliphatic heterocycles. The van der Waals surface area contributed by atoms with E-state index in [1.54, 1.807) is 50.4 Å². The maximum atomic E-state index is 12.7. The van der Waals surface area contributed by atoms with E-state index in [-0.39, 0.29) is 11.5 Å². The van der Waals surface area contributed by atoms with Gasteiger partial charge in [0.1, 0.15) is 11.5 Å². The van der Waals surface area contributed by atoms with Gasteiger partial charge < -0.3 is 19.5 Å². The first-order valence-electron chi connectivity index (χ1n) is 7.67. The van der Waals surface area contributed by atoms with Crippen LogP contribution in [-0.4, -0.2) is 43.2 Å². The molecule has 0 radical (unpaired) electrons. The van der Waals surface area contributed by atoms with E-state index in [9.17, 15) is 9.59 Å². The number of carbonyl (C=O) groups is 2. The van der Waals surface area contributed by atoms with Crippen LogP contribution in [0.4, 0.5) is 0 Å². The van der Waals surface area contributed by atoms with Crippen LogP contribution in [0.2, 0.25) is 0 Å². The minimum atomic E-state index is -0.977. The Morgan fingerprint density at radius 3 is 1.96 bits per heavy atom. The fourth-order valence-corrected chi connectivity index (χ4v) is 2.53. The Labute approximate surface area is 146 Å². The van der Waals surface area contributed by atoms with Gasteiger partial charge in [0.15, 0.2) is 0 Å². The van der Waals surface area contributed by atoms with E-state index >= 15 is 0 Å². The van der Waals surface area contributed by atoms with Gasteiger partial charge >= 0.3 is 5.97 Å². The van der Waals surface area contributed by atoms with Crippen molar-refractivity contribution >= 4 is 11.9 Å². The molecule has 0 spiro atoms. The molecule has 0 unspecified atom stereocenters. The standard InChI is InChI=1S/C19H21NO5/c1-12-16(24-3)9-15(10-17(12)25-4)18(21)20(2)11-13-5-7-14(8-6-13)19(22)23/h5-10H,11H2,1-4H3,(H,22,23). The first kappa shape index (κ1) is 18.3. The summed E-state index contributed by atoms with van der Waals surface area (Å²) < 4.78 is 10.6. The van der Waals surface area contributed by atoms with Gasteiger partial charge in [0.05, 0.1) is 19.8 Å². The molecule has 0 fully saturated rings. The first-order valence-corrected chi connectivity index (χ1v) is 7.67. The topological polar surface area (TPSA) is 76.1 Å². The summed E-state index contributed by atoms with van der Waals surface area (Å²) in [6.45, 7) is 2.22. The Bertz CT molecular complexity index is 758. The lowest BCUT2D eigenvalue weighted by atomic mass is 10.1. The molecule has 0 heterocycles. The Kier molecular flexibility index (Phi) is 5.64. The minimum Gasteiger partial charge on any atom is -0.496 e. The summed E-state index contributed by atoms with van der Waals surface area (Å²) in [7, 11) is 4.78. The largest absolute Gasteiger partial charge is 0.496 e. The number of hydrogen-bond acceptors (Lipinski definition) is 4. The Balaban J connectivity index is 2.20. The second-order valence-electron chi connectivity index (χ2n) is 5.67. The van der Waals surface area contributed by atoms with Gasteiger partial charge in [0, 0.05) is 24.7 Å². The van der Waals surface area contributed by atoms with Gasteiger partial charge in [-0.2, -0.15) is 0 Å². The fourth-order valence-electron chi connectivity index (χ4n) is 2.53. The zero-order chi connectivity index (χ0) is 18.6. The van der Waals surface area contributed by atoms with Crippen LogP contribution in [0.3, 0.4) is 0 Å². The highest BCUT2D eigenvalue weighted by molar-refractivity contribution is 5.95. The molecule has 132 valence electrons. The first-order chi connectivity index (χ1) is 11.9. The molecule has 1 amide bonds. The van der Waals surface area contributed by atoms with Crippen molar-refractivity contribution in [1.82, 2.24) is 4.90 Å². The number of benzene rings is 2. The monoisotopic (exact) mass is 343 g/mol. The van der Waals surface area contributed by atoms with Crippen molar-refractivity contribution < 1.29 is 24.2 Å². The van der Waals surface area contributed by atoms with Crippen LogP contribution in [0.1, 0.15) is 31.8 Å². The average Bonchev–Trinajstić information content (AvgIpc) is 2.61. The smallest absolute Gasteiger partial charge is 0.335 e. The van der Waals surface area contributed by atoms with E-state index in [2.05, 4.69) is 0 Å². The van der Waals surface area contributed by atoms with Gasteiger partial charge in [-0.1, -0.05) is 12.1 Å². The van der Waals surface area contributed by atoms with Gasteiger partial charge in [-0.25, -0.2) is 4.79 Å². The predicted molar refractivity (Wildman–Crippen MR) is 93.5 cm³/mol. The highest BCUT2D eigenvalue weighted by Crippen LogP contribution is 2.30. The van der Waals surface area contributed by atoms with Gasteiger partial charge in [-0.05, 0) is 36.8 Å². The molecule has 0 aliphatic carbocycles. The van der Waals surface area contributed by atoms with Gasteiger partial charge in [0.25, 0.3) is 5.91 Å². The highest BCUT2D eigenvalue weighted by Gasteiger charge is 2.17. The normalized spacial score (nSPS) is 10.2. The van der Waals surface area contributed by atoms with Crippen molar-refractivity contribution in [2.24, 2.45) is 0 Å². The quantitative estimate of drug-likeness (QED) is 0.872. The van der Waals surface area contributed by atoms with Gasteiger partial charge in [-0.15, -0.1) is 0 Å². The molecule has 2 rings (SSSR count). The zero-order valence-corrected chi connectivity index (χ0v) is 14.7. The van der Waals surface area contributed by atoms with Crippen LogP contribution in [0.5, 0.6) is 11.5 Å². The molecule has 0 aliphatic rings. The van der Waals surface area contributed by atoms with Crippen LogP contribution < -0.4 is 9.47 Å². The third kappa shape index (κ3) is 4.09. The average molecular weight is 343 g/mol. The van der Waals surface area contributed by atoms with Crippen LogP contribution in [-0.2, 0) is 6.54 Å². The van der Waals surface area contributed by atoms with Gasteiger partial charge in [0.2, 0.25) is 0 Å². The Morgan fingerprint density at radius 1 is 1.00 bits per heavy atom. The number of ether oxygens (including phenoxy) is 2. The summed E-state index contributed by atoms with van der Waals surface area (Å²) in [6.07, 6.45) is 0. The molecule has 0 saturated heterocycles. The number of nitrogens with zero attached hydrogens (tertiary/aromatic N) is 1. The van der Waals surface area contributed by atoms with E-state index in [1.807, 2.05) is 6.92 Å². The molecular formula is C19H21NO5. The molecule has 6 heteroatoms. The molecule has 0 atom stereocenters. The maximum Gasteiger partial charge on any atom is 0.335 e. The number of amides is 1. The lowest BCUT2D eigenvalue weighted by molar-refractivity contribution is 0.0695. The van der Waals surface area contributed by atoms with E-state index in [0.717, 1.165) is 11.1 Å². The number of rotatable bonds is 6. The van der Waals surface area contributed by atoms with Crippen LogP contribution in [0.25, 0.3) is 0 Å². The summed E-state index contributed by atoms with van der Waals surface area (Å²) in [4.78, 5) is 25.1. The zero-order valence-electron chi connectivity index (χ0n) is 14.7. The number of carboxylic acids is 1. The van der Waals surface area contributed by atoms with E-state index in [4.69, 9.17) is 14.6 Å². The predicted octanol–water partition coefficient (Wildman–Crippen LogP) is 2.98. The third-order valence-electron chi connectivity index (χ3n) is 3.97. The summed E-state index contributed by atoms with van der Waals surface area (Å²) in [5, 5.41) is 8.93. The lowest BCUT2D eigenvalue weighted by Crippen LogP contribution is -2.26. The fraction of sp³-hybridized carbons (Fsp3) is 0.263. The van der Waals surface area contributed by atoms with Gasteiger partial charge in [-0.3, -0.25) is 4.79 Å². The molecule has 2 aromatic carbocycles. The van der Waals surface area contributed by atoms with Crippen molar-refractivity contribution in [2.45, 2.75) is 13.5 Å². The number of hydrogen-bond donors (Lipinski definition) is 1. The van der Waals surface area contributed by atoms with Crippen molar-refractivity contribution in [1.29, 1.82) is 0 Å². The summed E-state index contributed by atoms with van der Waals surface area (Å²) in [6, 6.07) is 9.81. The van der Waals surface area contributed by atoms with E-state index < -0.39 is 5.97 Å². The van der Waals surface area contributed by atoms with Crippen molar-refractivity contribution in [3.8, 4) is 11.5 Å². The molecule has 2 aromatic rings. The SMILES string of the molecule is COc1cc(C(=O)N(C)Cc2ccc(C(=O)O)cc2)cc(OC)c1C. The van der Waals surface area contributed by atoms with E-state index in [1.165, 1.54) is 12.1 Å². The molecule has 0 bridgehead atoms. The number of aromatic carboxylic acids is 1. The number of carboxylic acid groups (broad SMARTS) is 1.